The van der Waals surface area contributed by atoms with Gasteiger partial charge in [0.05, 0.1) is 19.6 Å². The Bertz CT molecular complexity index is 3320. The smallest absolute Gasteiger partial charge is 0.327 e. The molecule has 11 atom stereocenters. The van der Waals surface area contributed by atoms with E-state index in [4.69, 9.17) is 28.7 Å². The van der Waals surface area contributed by atoms with Crippen molar-refractivity contribution in [2.24, 2.45) is 38.7 Å². The molecule has 1 aromatic carbocycles. The van der Waals surface area contributed by atoms with Gasteiger partial charge in [-0.1, -0.05) is 58.5 Å². The van der Waals surface area contributed by atoms with Crippen LogP contribution in [0.25, 0.3) is 10.9 Å². The summed E-state index contributed by atoms with van der Waals surface area (Å²) in [6.07, 6.45) is 2.51. The number of aliphatic imine (C=N–C) groups is 2. The van der Waals surface area contributed by atoms with Gasteiger partial charge in [0.2, 0.25) is 70.9 Å². The number of rotatable bonds is 19. The van der Waals surface area contributed by atoms with Crippen LogP contribution < -0.4 is 81.8 Å². The fraction of sp³-hybridized carbons (Fsp3) is 0.517. The van der Waals surface area contributed by atoms with Crippen LogP contribution in [0, 0.1) is 0 Å². The highest BCUT2D eigenvalue weighted by molar-refractivity contribution is 8.76. The number of benzene rings is 1. The number of para-hydroxylation sites is 1. The molecule has 0 radical (unpaired) electrons. The second-order valence-electron chi connectivity index (χ2n) is 22.5. The van der Waals surface area contributed by atoms with Crippen molar-refractivity contribution < 1.29 is 82.4 Å². The molecule has 37 nitrogen and oxygen atoms in total. The Morgan fingerprint density at radius 3 is 1.89 bits per heavy atom. The predicted octanol–water partition coefficient (Wildman–Crippen LogP) is -7.10. The van der Waals surface area contributed by atoms with Crippen LogP contribution in [0.2, 0.25) is 0 Å². The summed E-state index contributed by atoms with van der Waals surface area (Å²) in [6.45, 7) is 1.91. The fourth-order valence-corrected chi connectivity index (χ4v) is 12.5. The lowest BCUT2D eigenvalue weighted by Gasteiger charge is -2.30. The third-order valence-corrected chi connectivity index (χ3v) is 17.7. The molecule has 3 aliphatic heterocycles. The molecule has 1 saturated heterocycles. The number of nitrogens with one attached hydrogen (secondary N) is 11. The first-order valence-electron chi connectivity index (χ1n) is 30.7. The summed E-state index contributed by atoms with van der Waals surface area (Å²) >= 11 is 0. The molecule has 2 bridgehead atoms. The predicted molar refractivity (Wildman–Crippen MR) is 353 cm³/mol. The highest BCUT2D eigenvalue weighted by atomic mass is 33.1. The van der Waals surface area contributed by atoms with Gasteiger partial charge in [0, 0.05) is 60.9 Å². The summed E-state index contributed by atoms with van der Waals surface area (Å²) in [5, 5.41) is 56.4. The SMILES string of the molecule is C=CN(CC(=O)NC1CC=CCC2NC(=O)[C@H](CCCN=C(N)N)NC(=O)[C@@H]3CCCN3C(=O)[C@H](CC(=O)O)NC(=O)[C@H](CO)NC(=O)[C@H](CSSC[C@@H](C(=O)O)NC(=O)[C@H](CCCN=C(N)N)NC(=O)[C@H](Cc3c[nH]c4ccccc34)NC(=O)[C@H](C)NC2=O)NC1=O)C(=O)CN. The molecule has 5 rings (SSSR count). The molecule has 3 aliphatic rings. The molecule has 0 spiro atoms. The molecular weight excluding hydrogens is 1310 g/mol. The number of hydrogen-bond donors (Lipinski definition) is 19. The van der Waals surface area contributed by atoms with Crippen LogP contribution in [0.3, 0.4) is 0 Å². The maximum Gasteiger partial charge on any atom is 0.327 e. The number of nitrogens with two attached hydrogens (primary N) is 5. The lowest BCUT2D eigenvalue weighted by molar-refractivity contribution is -0.146. The zero-order valence-electron chi connectivity index (χ0n) is 53.0. The second-order valence-corrected chi connectivity index (χ2v) is 25.1. The highest BCUT2D eigenvalue weighted by Gasteiger charge is 2.42. The van der Waals surface area contributed by atoms with Gasteiger partial charge in [-0.2, -0.15) is 0 Å². The van der Waals surface area contributed by atoms with E-state index in [1.165, 1.54) is 19.1 Å². The van der Waals surface area contributed by atoms with Crippen LogP contribution in [-0.4, -0.2) is 242 Å². The summed E-state index contributed by atoms with van der Waals surface area (Å²) in [6, 6.07) is -11.6. The third kappa shape index (κ3) is 24.3. The van der Waals surface area contributed by atoms with Gasteiger partial charge in [-0.25, -0.2) is 4.79 Å². The number of guanidine groups is 2. The minimum absolute atomic E-state index is 0.00482. The Morgan fingerprint density at radius 2 is 1.26 bits per heavy atom. The number of carboxylic acids is 2. The number of H-pyrrole nitrogens is 1. The van der Waals surface area contributed by atoms with E-state index in [0.29, 0.717) is 16.5 Å². The fourth-order valence-electron chi connectivity index (χ4n) is 10.2. The Balaban J connectivity index is 1.71. The quantitative estimate of drug-likeness (QED) is 0.0204. The number of aliphatic carboxylic acids is 2. The van der Waals surface area contributed by atoms with Gasteiger partial charge in [0.25, 0.3) is 0 Å². The average Bonchev–Trinajstić information content (AvgIpc) is 1.73. The highest BCUT2D eigenvalue weighted by Crippen LogP contribution is 2.25. The number of fused-ring (bicyclic) bond motifs is 9. The topological polar surface area (TPSA) is 597 Å². The molecule has 4 heterocycles. The standard InChI is InChI=1S/C58H84N20O17S2/c1-3-77(44(81)23-59)25-43(80)68-33-13-6-7-14-34-47(85)67-29(2)46(84)72-37(21-30-24-66-32-12-5-4-11-31(30)32)51(89)70-35(15-8-18-64-57(60)61)50(88)76-41(56(94)95)28-97-96-27-40(75-48(33)86)53(91)74-39(26-79)52(90)73-38(22-45(82)83)55(93)78-20-10-17-42(78)54(92)71-36(49(87)69-34)16-9-19-65-58(62)63/h3-7,11-12,24,29,33-42,66,79H,1,8-10,13-23,25-28,59H2,2H3,(H,67,85)(H,68,80)(H,69,87)(H,70,89)(H,71,92)(H,72,84)(H,73,90)(H,74,91)(H,75,86)(H,76,88)(H,82,83)(H,94,95)(H4,60,61,64)(H4,62,63,65)/t29-,33?,34?,35-,36-,37-,38-,39-,40-,41-,42-/m0/s1. The number of aromatic nitrogens is 1. The van der Waals surface area contributed by atoms with E-state index in [9.17, 15) is 82.4 Å². The maximum atomic E-state index is 14.8. The molecule has 24 N–H and O–H groups in total. The number of nitrogens with zero attached hydrogens (tertiary/aromatic N) is 4. The van der Waals surface area contributed by atoms with Crippen LogP contribution in [0.4, 0.5) is 0 Å². The van der Waals surface area contributed by atoms with Crippen LogP contribution in [0.5, 0.6) is 0 Å². The zero-order valence-corrected chi connectivity index (χ0v) is 54.6. The number of hydrogen-bond acceptors (Lipinski definition) is 20. The number of carbonyl (C=O) groups is 14. The number of aromatic amines is 1. The van der Waals surface area contributed by atoms with Crippen LogP contribution in [0.15, 0.2) is 65.4 Å². The molecule has 12 amide bonds. The monoisotopic (exact) mass is 1400 g/mol. The van der Waals surface area contributed by atoms with Crippen molar-refractivity contribution in [3.63, 3.8) is 0 Å². The van der Waals surface area contributed by atoms with Crippen molar-refractivity contribution in [1.29, 1.82) is 0 Å². The number of aliphatic hydroxyl groups is 1. The number of amides is 12. The zero-order chi connectivity index (χ0) is 71.5. The van der Waals surface area contributed by atoms with Gasteiger partial charge in [0.15, 0.2) is 11.9 Å². The molecule has 1 aromatic heterocycles. The average molecular weight is 1400 g/mol. The van der Waals surface area contributed by atoms with Crippen molar-refractivity contribution in [2.75, 3.05) is 50.8 Å². The Kier molecular flexibility index (Phi) is 30.8. The van der Waals surface area contributed by atoms with Crippen molar-refractivity contribution in [3.05, 3.63) is 61.0 Å². The Hall–Kier alpha value is -10.0. The van der Waals surface area contributed by atoms with E-state index >= 15 is 0 Å². The maximum absolute atomic E-state index is 14.8. The first kappa shape index (κ1) is 77.7. The molecule has 2 aromatic rings. The number of aliphatic hydroxyl groups excluding tert-OH is 1. The molecule has 0 saturated carbocycles. The molecule has 1 fully saturated rings. The Labute approximate surface area is 563 Å². The molecule has 0 aliphatic carbocycles. The largest absolute Gasteiger partial charge is 0.481 e. The normalized spacial score (nSPS) is 24.9. The van der Waals surface area contributed by atoms with Crippen molar-refractivity contribution in [3.8, 4) is 0 Å². The minimum Gasteiger partial charge on any atom is -0.481 e. The van der Waals surface area contributed by atoms with Crippen molar-refractivity contribution in [2.45, 2.75) is 138 Å². The number of carbonyl (C=O) groups excluding carboxylic acids is 12. The van der Waals surface area contributed by atoms with E-state index < -0.39 is 200 Å². The molecular formula is C58H84N20O17S2. The molecule has 97 heavy (non-hydrogen) atoms. The summed E-state index contributed by atoms with van der Waals surface area (Å²) < 4.78 is 0. The van der Waals surface area contributed by atoms with Crippen molar-refractivity contribution in [1.82, 2.24) is 68.0 Å². The van der Waals surface area contributed by atoms with E-state index in [2.05, 4.69) is 74.7 Å². The lowest BCUT2D eigenvalue weighted by Crippen LogP contribution is -2.61. The lowest BCUT2D eigenvalue weighted by atomic mass is 10.0. The molecule has 530 valence electrons. The van der Waals surface area contributed by atoms with Crippen LogP contribution in [0.1, 0.15) is 70.3 Å². The third-order valence-electron chi connectivity index (χ3n) is 15.3. The second kappa shape index (κ2) is 38.5. The van der Waals surface area contributed by atoms with E-state index in [0.717, 1.165) is 37.6 Å². The van der Waals surface area contributed by atoms with Gasteiger partial charge in [0.1, 0.15) is 73.0 Å². The van der Waals surface area contributed by atoms with Gasteiger partial charge in [-0.05, 0) is 69.9 Å². The van der Waals surface area contributed by atoms with Crippen LogP contribution in [-0.2, 0) is 73.5 Å². The van der Waals surface area contributed by atoms with Gasteiger partial charge >= 0.3 is 11.9 Å². The van der Waals surface area contributed by atoms with Gasteiger partial charge in [-0.3, -0.25) is 72.3 Å². The van der Waals surface area contributed by atoms with Crippen LogP contribution >= 0.6 is 21.6 Å². The summed E-state index contributed by atoms with van der Waals surface area (Å²) in [5.41, 5.74) is 28.9. The first-order chi connectivity index (χ1) is 46.1. The summed E-state index contributed by atoms with van der Waals surface area (Å²) in [5.74, 6) is -17.4. The molecule has 2 unspecified atom stereocenters. The van der Waals surface area contributed by atoms with E-state index in [-0.39, 0.29) is 76.5 Å². The van der Waals surface area contributed by atoms with Crippen molar-refractivity contribution >= 4 is 127 Å². The summed E-state index contributed by atoms with van der Waals surface area (Å²) in [7, 11) is 1.48. The van der Waals surface area contributed by atoms with E-state index in [1.807, 2.05) is 0 Å². The van der Waals surface area contributed by atoms with Gasteiger partial charge < -0.3 is 112 Å². The number of carboxylic acid groups (broad SMARTS) is 2. The molecule has 39 heteroatoms. The van der Waals surface area contributed by atoms with Gasteiger partial charge in [-0.15, -0.1) is 0 Å². The van der Waals surface area contributed by atoms with E-state index in [1.54, 1.807) is 30.5 Å². The first-order valence-corrected chi connectivity index (χ1v) is 33.2. The Morgan fingerprint density at radius 1 is 0.691 bits per heavy atom. The summed E-state index contributed by atoms with van der Waals surface area (Å²) in [4.78, 5) is 209. The minimum atomic E-state index is -2.01.